The van der Waals surface area contributed by atoms with E-state index in [4.69, 9.17) is 9.84 Å². The zero-order valence-corrected chi connectivity index (χ0v) is 9.95. The maximum Gasteiger partial charge on any atom is 0.306 e. The van der Waals surface area contributed by atoms with E-state index in [9.17, 15) is 13.6 Å². The highest BCUT2D eigenvalue weighted by Gasteiger charge is 2.44. The molecule has 1 aromatic carbocycles. The summed E-state index contributed by atoms with van der Waals surface area (Å²) in [6.07, 6.45) is 0.283. The summed E-state index contributed by atoms with van der Waals surface area (Å²) < 4.78 is 31.8. The maximum absolute atomic E-state index is 13.8. The summed E-state index contributed by atoms with van der Waals surface area (Å²) in [6, 6.07) is 3.38. The molecule has 1 atom stereocenters. The van der Waals surface area contributed by atoms with Gasteiger partial charge in [0, 0.05) is 11.5 Å². The molecule has 1 fully saturated rings. The summed E-state index contributed by atoms with van der Waals surface area (Å²) in [5.41, 5.74) is -0.307. The fourth-order valence-electron chi connectivity index (χ4n) is 2.32. The molecular weight excluding hydrogens is 242 g/mol. The fourth-order valence-corrected chi connectivity index (χ4v) is 2.32. The number of hydrogen-bond acceptors (Lipinski definition) is 2. The lowest BCUT2D eigenvalue weighted by Gasteiger charge is -2.43. The van der Waals surface area contributed by atoms with Crippen LogP contribution in [0.25, 0.3) is 0 Å². The van der Waals surface area contributed by atoms with Crippen molar-refractivity contribution in [1.82, 2.24) is 0 Å². The smallest absolute Gasteiger partial charge is 0.306 e. The Labute approximate surface area is 103 Å². The Kier molecular flexibility index (Phi) is 3.34. The van der Waals surface area contributed by atoms with E-state index in [1.807, 2.05) is 0 Å². The van der Waals surface area contributed by atoms with Gasteiger partial charge in [-0.05, 0) is 18.1 Å². The van der Waals surface area contributed by atoms with Gasteiger partial charge < -0.3 is 9.84 Å². The Morgan fingerprint density at radius 1 is 1.50 bits per heavy atom. The molecule has 98 valence electrons. The lowest BCUT2D eigenvalue weighted by molar-refractivity contribution is -0.144. The van der Waals surface area contributed by atoms with Gasteiger partial charge in [0.2, 0.25) is 0 Å². The molecule has 5 heteroatoms. The third-order valence-electron chi connectivity index (χ3n) is 3.38. The van der Waals surface area contributed by atoms with Crippen LogP contribution in [-0.2, 0) is 14.9 Å². The minimum absolute atomic E-state index is 0.271. The normalized spacial score (nSPS) is 19.1. The van der Waals surface area contributed by atoms with E-state index >= 15 is 0 Å². The predicted octanol–water partition coefficient (Wildman–Crippen LogP) is 2.34. The first-order valence-corrected chi connectivity index (χ1v) is 5.71. The highest BCUT2D eigenvalue weighted by atomic mass is 19.1. The quantitative estimate of drug-likeness (QED) is 0.899. The average molecular weight is 256 g/mol. The maximum atomic E-state index is 13.8. The standard InChI is InChI=1S/C13H14F2O3/c1-8(12(16)17)5-13(6-18-7-13)10-3-2-9(14)4-11(10)15/h2-4,8H,5-7H2,1H3,(H,16,17). The topological polar surface area (TPSA) is 46.5 Å². The van der Waals surface area contributed by atoms with Gasteiger partial charge in [0.15, 0.2) is 0 Å². The zero-order valence-electron chi connectivity index (χ0n) is 9.95. The van der Waals surface area contributed by atoms with Crippen molar-refractivity contribution in [2.45, 2.75) is 18.8 Å². The van der Waals surface area contributed by atoms with E-state index in [1.54, 1.807) is 6.92 Å². The van der Waals surface area contributed by atoms with Crippen LogP contribution in [0.5, 0.6) is 0 Å². The van der Waals surface area contributed by atoms with Crippen molar-refractivity contribution in [3.8, 4) is 0 Å². The molecule has 1 aliphatic heterocycles. The monoisotopic (exact) mass is 256 g/mol. The van der Waals surface area contributed by atoms with Gasteiger partial charge in [-0.2, -0.15) is 0 Å². The minimum Gasteiger partial charge on any atom is -0.481 e. The molecule has 3 nitrogen and oxygen atoms in total. The Hall–Kier alpha value is -1.49. The molecule has 1 unspecified atom stereocenters. The summed E-state index contributed by atoms with van der Waals surface area (Å²) in [4.78, 5) is 10.9. The highest BCUT2D eigenvalue weighted by Crippen LogP contribution is 2.39. The van der Waals surface area contributed by atoms with Crippen molar-refractivity contribution >= 4 is 5.97 Å². The van der Waals surface area contributed by atoms with Crippen LogP contribution in [0.15, 0.2) is 18.2 Å². The van der Waals surface area contributed by atoms with Crippen molar-refractivity contribution < 1.29 is 23.4 Å². The zero-order chi connectivity index (χ0) is 13.3. The van der Waals surface area contributed by atoms with Crippen LogP contribution in [-0.4, -0.2) is 24.3 Å². The number of ether oxygens (including phenoxy) is 1. The number of aliphatic carboxylic acids is 1. The molecule has 0 spiro atoms. The van der Waals surface area contributed by atoms with Crippen LogP contribution >= 0.6 is 0 Å². The molecule has 0 aromatic heterocycles. The van der Waals surface area contributed by atoms with E-state index in [0.29, 0.717) is 5.56 Å². The van der Waals surface area contributed by atoms with Gasteiger partial charge in [-0.1, -0.05) is 13.0 Å². The predicted molar refractivity (Wildman–Crippen MR) is 60.3 cm³/mol. The van der Waals surface area contributed by atoms with Crippen molar-refractivity contribution in [1.29, 1.82) is 0 Å². The molecule has 1 saturated heterocycles. The number of carboxylic acid groups (broad SMARTS) is 1. The number of carbonyl (C=O) groups is 1. The second kappa shape index (κ2) is 4.65. The Morgan fingerprint density at radius 3 is 2.61 bits per heavy atom. The third-order valence-corrected chi connectivity index (χ3v) is 3.38. The van der Waals surface area contributed by atoms with E-state index < -0.39 is 28.9 Å². The molecule has 2 rings (SSSR count). The largest absolute Gasteiger partial charge is 0.481 e. The molecular formula is C13H14F2O3. The van der Waals surface area contributed by atoms with Gasteiger partial charge in [-0.25, -0.2) is 8.78 Å². The summed E-state index contributed by atoms with van der Waals surface area (Å²) >= 11 is 0. The van der Waals surface area contributed by atoms with Crippen LogP contribution in [0.3, 0.4) is 0 Å². The van der Waals surface area contributed by atoms with Crippen molar-refractivity contribution in [3.05, 3.63) is 35.4 Å². The number of benzene rings is 1. The Balaban J connectivity index is 2.29. The van der Waals surface area contributed by atoms with E-state index in [-0.39, 0.29) is 19.6 Å². The number of rotatable bonds is 4. The minimum atomic E-state index is -0.927. The summed E-state index contributed by atoms with van der Waals surface area (Å²) in [7, 11) is 0. The second-order valence-electron chi connectivity index (χ2n) is 4.84. The molecule has 0 aliphatic carbocycles. The van der Waals surface area contributed by atoms with Gasteiger partial charge in [0.25, 0.3) is 0 Å². The molecule has 0 saturated carbocycles. The molecule has 1 aromatic rings. The van der Waals surface area contributed by atoms with Gasteiger partial charge in [-0.3, -0.25) is 4.79 Å². The van der Waals surface area contributed by atoms with Crippen LogP contribution in [0.2, 0.25) is 0 Å². The number of halogens is 2. The van der Waals surface area contributed by atoms with Crippen LogP contribution in [0.4, 0.5) is 8.78 Å². The number of hydrogen-bond donors (Lipinski definition) is 1. The van der Waals surface area contributed by atoms with Crippen molar-refractivity contribution in [3.63, 3.8) is 0 Å². The first-order chi connectivity index (χ1) is 8.44. The first kappa shape index (κ1) is 13.0. The van der Waals surface area contributed by atoms with Crippen LogP contribution in [0, 0.1) is 17.6 Å². The van der Waals surface area contributed by atoms with Gasteiger partial charge in [0.1, 0.15) is 11.6 Å². The third kappa shape index (κ3) is 2.22. The average Bonchev–Trinajstić information content (AvgIpc) is 2.24. The molecule has 1 aliphatic rings. The van der Waals surface area contributed by atoms with E-state index in [0.717, 1.165) is 6.07 Å². The fraction of sp³-hybridized carbons (Fsp3) is 0.462. The molecule has 18 heavy (non-hydrogen) atoms. The lowest BCUT2D eigenvalue weighted by Crippen LogP contribution is -2.49. The lowest BCUT2D eigenvalue weighted by atomic mass is 9.72. The molecule has 0 bridgehead atoms. The first-order valence-electron chi connectivity index (χ1n) is 5.71. The SMILES string of the molecule is CC(CC1(c2ccc(F)cc2F)COC1)C(=O)O. The van der Waals surface area contributed by atoms with Gasteiger partial charge in [0.05, 0.1) is 19.1 Å². The molecule has 0 amide bonds. The number of carboxylic acids is 1. The Morgan fingerprint density at radius 2 is 2.17 bits per heavy atom. The summed E-state index contributed by atoms with van der Waals surface area (Å²) in [5, 5.41) is 8.93. The molecule has 1 N–H and O–H groups in total. The van der Waals surface area contributed by atoms with Crippen molar-refractivity contribution in [2.24, 2.45) is 5.92 Å². The molecule has 0 radical (unpaired) electrons. The summed E-state index contributed by atoms with van der Waals surface area (Å²) in [5.74, 6) is -2.81. The Bertz CT molecular complexity index is 469. The molecule has 1 heterocycles. The summed E-state index contributed by atoms with van der Waals surface area (Å²) in [6.45, 7) is 2.12. The van der Waals surface area contributed by atoms with E-state index in [1.165, 1.54) is 12.1 Å². The highest BCUT2D eigenvalue weighted by molar-refractivity contribution is 5.69. The van der Waals surface area contributed by atoms with Crippen LogP contribution < -0.4 is 0 Å². The second-order valence-corrected chi connectivity index (χ2v) is 4.84. The van der Waals surface area contributed by atoms with Gasteiger partial charge >= 0.3 is 5.97 Å². The van der Waals surface area contributed by atoms with E-state index in [2.05, 4.69) is 0 Å². The van der Waals surface area contributed by atoms with Gasteiger partial charge in [-0.15, -0.1) is 0 Å². The van der Waals surface area contributed by atoms with Crippen LogP contribution in [0.1, 0.15) is 18.9 Å². The van der Waals surface area contributed by atoms with Crippen molar-refractivity contribution in [2.75, 3.05) is 13.2 Å².